The summed E-state index contributed by atoms with van der Waals surface area (Å²) in [5, 5.41) is -0.164. The van der Waals surface area contributed by atoms with Gasteiger partial charge in [0.2, 0.25) is 0 Å². The number of nitrogens with zero attached hydrogens (tertiary/aromatic N) is 1. The third-order valence-corrected chi connectivity index (χ3v) is 13.0. The first-order valence-electron chi connectivity index (χ1n) is 18.2. The van der Waals surface area contributed by atoms with Crippen LogP contribution in [0.25, 0.3) is 48.2 Å². The highest BCUT2D eigenvalue weighted by Crippen LogP contribution is 2.34. The quantitative estimate of drug-likeness (QED) is 0.124. The standard InChI is InChI=1S/C44H32N4O9S3/c49-58(50,51)42-32-22-21-31(45-32)37(27-13-5-1-6-14-27)40-38(28-15-7-2-8-16-28)39(29-17-9-3-10-18-29)41(48(40)30-19-11-4-12-20-30)44(60(55,56)57)36-26-25-35(47-36)43(59(52,53)54)34-24-23-33(42)46-34/h1-26,45-47H,(H,49,50,51)(H,52,53,54)(H,55,56,57). The molecule has 0 atom stereocenters. The second-order valence-corrected chi connectivity index (χ2v) is 17.9. The van der Waals surface area contributed by atoms with Crippen molar-refractivity contribution in [2.75, 3.05) is 0 Å². The van der Waals surface area contributed by atoms with E-state index in [-0.39, 0.29) is 33.1 Å². The van der Waals surface area contributed by atoms with Crippen LogP contribution < -0.4 is 21.4 Å². The Kier molecular flexibility index (Phi) is 9.35. The average Bonchev–Trinajstić information content (AvgIpc) is 4.04. The fourth-order valence-corrected chi connectivity index (χ4v) is 10.3. The second kappa shape index (κ2) is 14.5. The van der Waals surface area contributed by atoms with E-state index < -0.39 is 45.1 Å². The predicted octanol–water partition coefficient (Wildman–Crippen LogP) is 4.49. The van der Waals surface area contributed by atoms with Crippen molar-refractivity contribution in [3.63, 3.8) is 0 Å². The molecule has 9 rings (SSSR count). The minimum atomic E-state index is -5.26. The molecule has 8 bridgehead atoms. The van der Waals surface area contributed by atoms with Gasteiger partial charge in [-0.3, -0.25) is 13.7 Å². The lowest BCUT2D eigenvalue weighted by molar-refractivity contribution is 0.493. The summed E-state index contributed by atoms with van der Waals surface area (Å²) in [6.45, 7) is 0. The van der Waals surface area contributed by atoms with E-state index >= 15 is 0 Å². The number of aromatic amines is 3. The minimum absolute atomic E-state index is 0.0230. The zero-order valence-electron chi connectivity index (χ0n) is 31.0. The number of hydrogen-bond donors (Lipinski definition) is 6. The predicted molar refractivity (Wildman–Crippen MR) is 228 cm³/mol. The molecule has 0 saturated carbocycles. The summed E-state index contributed by atoms with van der Waals surface area (Å²) < 4.78 is 116. The highest BCUT2D eigenvalue weighted by molar-refractivity contribution is 7.96. The van der Waals surface area contributed by atoms with Crippen molar-refractivity contribution < 1.29 is 38.9 Å². The Hall–Kier alpha value is -6.79. The maximum absolute atomic E-state index is 14.2. The van der Waals surface area contributed by atoms with Crippen LogP contribution in [-0.4, -0.2) is 58.4 Å². The van der Waals surface area contributed by atoms with Crippen LogP contribution in [0.3, 0.4) is 0 Å². The Bertz CT molecular complexity index is 3600. The highest BCUT2D eigenvalue weighted by atomic mass is 32.2. The van der Waals surface area contributed by atoms with Gasteiger partial charge >= 0.3 is 0 Å². The Labute approximate surface area is 342 Å². The number of nitrogens with one attached hydrogen (secondary N) is 3. The minimum Gasteiger partial charge on any atom is -0.354 e. The van der Waals surface area contributed by atoms with Gasteiger partial charge < -0.3 is 19.5 Å². The van der Waals surface area contributed by atoms with Crippen LogP contribution in [0.1, 0.15) is 28.3 Å². The summed E-state index contributed by atoms with van der Waals surface area (Å²) in [5.41, 5.74) is 3.23. The first-order chi connectivity index (χ1) is 28.7. The van der Waals surface area contributed by atoms with Crippen LogP contribution in [-0.2, 0) is 30.4 Å². The van der Waals surface area contributed by atoms with E-state index in [1.807, 2.05) is 60.7 Å². The molecule has 0 spiro atoms. The van der Waals surface area contributed by atoms with Crippen LogP contribution in [0.2, 0.25) is 0 Å². The number of H-pyrrole nitrogens is 3. The third kappa shape index (κ3) is 6.76. The Balaban J connectivity index is 1.70. The van der Waals surface area contributed by atoms with Crippen molar-refractivity contribution in [3.8, 4) is 27.9 Å². The van der Waals surface area contributed by atoms with E-state index in [0.717, 1.165) is 0 Å². The molecular formula is C44H32N4O9S3. The number of para-hydroxylation sites is 1. The molecule has 60 heavy (non-hydrogen) atoms. The van der Waals surface area contributed by atoms with Gasteiger partial charge in [-0.2, -0.15) is 25.3 Å². The van der Waals surface area contributed by atoms with Gasteiger partial charge in [0, 0.05) is 28.1 Å². The maximum Gasteiger partial charge on any atom is 0.298 e. The summed E-state index contributed by atoms with van der Waals surface area (Å²) in [5.74, 6) is 0. The van der Waals surface area contributed by atoms with Gasteiger partial charge in [0.25, 0.3) is 30.4 Å². The Morgan fingerprint density at radius 3 is 1.18 bits per heavy atom. The summed E-state index contributed by atoms with van der Waals surface area (Å²) in [6.07, 6.45) is 0. The first-order valence-corrected chi connectivity index (χ1v) is 22.5. The third-order valence-electron chi connectivity index (χ3n) is 10.1. The summed E-state index contributed by atoms with van der Waals surface area (Å²) >= 11 is 0. The smallest absolute Gasteiger partial charge is 0.298 e. The van der Waals surface area contributed by atoms with Gasteiger partial charge in [0.05, 0.1) is 38.5 Å². The average molecular weight is 857 g/mol. The summed E-state index contributed by atoms with van der Waals surface area (Å²) in [4.78, 5) is 6.70. The van der Waals surface area contributed by atoms with Crippen molar-refractivity contribution in [2.45, 2.75) is 0 Å². The topological polar surface area (TPSA) is 215 Å². The van der Waals surface area contributed by atoms with Crippen LogP contribution in [0.15, 0.2) is 158 Å². The molecule has 0 fully saturated rings. The second-order valence-electron chi connectivity index (χ2n) is 13.9. The summed E-state index contributed by atoms with van der Waals surface area (Å²) in [6, 6.07) is 44.1. The van der Waals surface area contributed by atoms with Gasteiger partial charge in [-0.15, -0.1) is 0 Å². The lowest BCUT2D eigenvalue weighted by atomic mass is 9.93. The molecule has 300 valence electrons. The molecule has 0 saturated heterocycles. The molecule has 16 heteroatoms. The molecule has 0 unspecified atom stereocenters. The van der Waals surface area contributed by atoms with Gasteiger partial charge in [-0.25, -0.2) is 0 Å². The van der Waals surface area contributed by atoms with Gasteiger partial charge in [-0.1, -0.05) is 109 Å². The number of fused-ring (bicyclic) bond motifs is 8. The Morgan fingerprint density at radius 2 is 0.733 bits per heavy atom. The number of aromatic nitrogens is 4. The number of hydrogen-bond acceptors (Lipinski definition) is 6. The molecule has 4 aromatic carbocycles. The number of rotatable bonds is 7. The zero-order valence-corrected chi connectivity index (χ0v) is 33.4. The largest absolute Gasteiger partial charge is 0.354 e. The van der Waals surface area contributed by atoms with Crippen molar-refractivity contribution in [2.24, 2.45) is 0 Å². The lowest BCUT2D eigenvalue weighted by Crippen LogP contribution is -2.32. The molecule has 0 radical (unpaired) electrons. The molecule has 1 aliphatic heterocycles. The summed E-state index contributed by atoms with van der Waals surface area (Å²) in [7, 11) is -15.5. The maximum atomic E-state index is 14.2. The first kappa shape index (κ1) is 38.7. The van der Waals surface area contributed by atoms with Crippen molar-refractivity contribution >= 4 is 50.6 Å². The molecule has 1 aliphatic rings. The molecule has 0 amide bonds. The molecule has 4 aromatic heterocycles. The highest BCUT2D eigenvalue weighted by Gasteiger charge is 2.32. The fourth-order valence-electron chi connectivity index (χ4n) is 7.88. The van der Waals surface area contributed by atoms with E-state index in [1.54, 1.807) is 71.3 Å². The molecule has 8 aromatic rings. The van der Waals surface area contributed by atoms with E-state index in [2.05, 4.69) is 15.0 Å². The normalized spacial score (nSPS) is 13.5. The van der Waals surface area contributed by atoms with Gasteiger partial charge in [0.15, 0.2) is 0 Å². The van der Waals surface area contributed by atoms with Crippen LogP contribution in [0, 0.1) is 0 Å². The van der Waals surface area contributed by atoms with Crippen molar-refractivity contribution in [1.82, 2.24) is 19.5 Å². The van der Waals surface area contributed by atoms with E-state index in [9.17, 15) is 38.9 Å². The van der Waals surface area contributed by atoms with Gasteiger partial charge in [-0.05, 0) is 65.2 Å². The molecule has 6 N–H and O–H groups in total. The monoisotopic (exact) mass is 856 g/mol. The van der Waals surface area contributed by atoms with Crippen LogP contribution in [0.4, 0.5) is 0 Å². The molecule has 0 aliphatic carbocycles. The van der Waals surface area contributed by atoms with Crippen LogP contribution in [0.5, 0.6) is 0 Å². The van der Waals surface area contributed by atoms with E-state index in [4.69, 9.17) is 0 Å². The molecule has 5 heterocycles. The molecular weight excluding hydrogens is 825 g/mol. The number of benzene rings is 4. The Morgan fingerprint density at radius 1 is 0.367 bits per heavy atom. The van der Waals surface area contributed by atoms with Gasteiger partial charge in [0.1, 0.15) is 14.7 Å². The van der Waals surface area contributed by atoms with E-state index in [1.165, 1.54) is 30.3 Å². The van der Waals surface area contributed by atoms with E-state index in [0.29, 0.717) is 50.1 Å². The molecule has 13 nitrogen and oxygen atoms in total. The van der Waals surface area contributed by atoms with Crippen molar-refractivity contribution in [1.29, 1.82) is 0 Å². The lowest BCUT2D eigenvalue weighted by Gasteiger charge is -2.14. The fraction of sp³-hybridized carbons (Fsp3) is 0. The zero-order chi connectivity index (χ0) is 42.0. The van der Waals surface area contributed by atoms with Crippen molar-refractivity contribution in [3.05, 3.63) is 207 Å². The SMILES string of the molecule is O=S(=O)(O)C1=c2ccc([nH]2)=C(S(=O)(=O)O)c2ccc([nH]2)C(S(=O)(=O)O)=c2c(-c3ccccc3)c(-c3ccccc3)c(n2-c2ccccc2)=C(c2ccccc2)c2ccc1[nH]2. The van der Waals surface area contributed by atoms with Crippen LogP contribution >= 0.6 is 0 Å².